The lowest BCUT2D eigenvalue weighted by molar-refractivity contribution is 0.102. The number of ether oxygens (including phenoxy) is 1. The van der Waals surface area contributed by atoms with Gasteiger partial charge in [-0.3, -0.25) is 4.79 Å². The fraction of sp³-hybridized carbons (Fsp3) is 0.300. The zero-order chi connectivity index (χ0) is 18.8. The Bertz CT molecular complexity index is 940. The van der Waals surface area contributed by atoms with E-state index in [4.69, 9.17) is 14.1 Å². The van der Waals surface area contributed by atoms with Crippen LogP contribution in [0, 0.1) is 13.8 Å². The van der Waals surface area contributed by atoms with Gasteiger partial charge in [0.25, 0.3) is 5.91 Å². The summed E-state index contributed by atoms with van der Waals surface area (Å²) in [5.74, 6) is 1.19. The Hall–Kier alpha value is -2.64. The number of carbonyl (C=O) groups excluding carboxylic acids is 1. The van der Waals surface area contributed by atoms with E-state index >= 15 is 0 Å². The van der Waals surface area contributed by atoms with Crippen LogP contribution in [0.3, 0.4) is 0 Å². The SMILES string of the molecule is Cc1cc(C(=O)Nc2ccc(-c3csc(N4CCOCC4)n3)cc2)c(C)o1. The number of benzene rings is 1. The van der Waals surface area contributed by atoms with Gasteiger partial charge in [-0.2, -0.15) is 0 Å². The van der Waals surface area contributed by atoms with E-state index in [9.17, 15) is 4.79 Å². The maximum absolute atomic E-state index is 12.4. The summed E-state index contributed by atoms with van der Waals surface area (Å²) >= 11 is 1.65. The van der Waals surface area contributed by atoms with Crippen molar-refractivity contribution in [3.63, 3.8) is 0 Å². The lowest BCUT2D eigenvalue weighted by atomic mass is 10.1. The van der Waals surface area contributed by atoms with Crippen LogP contribution < -0.4 is 10.2 Å². The van der Waals surface area contributed by atoms with E-state index < -0.39 is 0 Å². The number of aromatic nitrogens is 1. The van der Waals surface area contributed by atoms with Crippen LogP contribution >= 0.6 is 11.3 Å². The molecule has 0 radical (unpaired) electrons. The minimum Gasteiger partial charge on any atom is -0.466 e. The number of nitrogens with one attached hydrogen (secondary N) is 1. The van der Waals surface area contributed by atoms with Crippen molar-refractivity contribution in [2.45, 2.75) is 13.8 Å². The quantitative estimate of drug-likeness (QED) is 0.734. The Morgan fingerprint density at radius 3 is 2.59 bits per heavy atom. The minimum absolute atomic E-state index is 0.166. The molecule has 27 heavy (non-hydrogen) atoms. The second kappa shape index (κ2) is 7.54. The summed E-state index contributed by atoms with van der Waals surface area (Å²) in [6.45, 7) is 6.88. The van der Waals surface area contributed by atoms with Crippen molar-refractivity contribution in [2.75, 3.05) is 36.5 Å². The highest BCUT2D eigenvalue weighted by Crippen LogP contribution is 2.29. The number of anilines is 2. The zero-order valence-electron chi connectivity index (χ0n) is 15.3. The molecule has 3 heterocycles. The molecule has 0 atom stereocenters. The molecule has 3 aromatic rings. The van der Waals surface area contributed by atoms with E-state index in [1.165, 1.54) is 0 Å². The Balaban J connectivity index is 1.45. The van der Waals surface area contributed by atoms with Gasteiger partial charge in [0.05, 0.1) is 24.5 Å². The molecule has 6 nitrogen and oxygen atoms in total. The first-order valence-corrected chi connectivity index (χ1v) is 9.75. The van der Waals surface area contributed by atoms with Gasteiger partial charge in [-0.1, -0.05) is 12.1 Å². The smallest absolute Gasteiger partial charge is 0.259 e. The highest BCUT2D eigenvalue weighted by molar-refractivity contribution is 7.14. The third-order valence-corrected chi connectivity index (χ3v) is 5.40. The number of morpholine rings is 1. The number of aryl methyl sites for hydroxylation is 2. The Kier molecular flexibility index (Phi) is 4.96. The van der Waals surface area contributed by atoms with Crippen molar-refractivity contribution in [1.82, 2.24) is 4.98 Å². The molecule has 7 heteroatoms. The normalized spacial score (nSPS) is 14.4. The predicted molar refractivity (Wildman–Crippen MR) is 107 cm³/mol. The number of furan rings is 1. The molecule has 1 aliphatic heterocycles. The average molecular weight is 383 g/mol. The molecular formula is C20H21N3O3S. The van der Waals surface area contributed by atoms with E-state index in [-0.39, 0.29) is 5.91 Å². The highest BCUT2D eigenvalue weighted by atomic mass is 32.1. The average Bonchev–Trinajstić information content (AvgIpc) is 3.30. The lowest BCUT2D eigenvalue weighted by Gasteiger charge is -2.26. The first-order valence-electron chi connectivity index (χ1n) is 8.87. The number of rotatable bonds is 4. The van der Waals surface area contributed by atoms with Crippen LogP contribution in [0.25, 0.3) is 11.3 Å². The van der Waals surface area contributed by atoms with Gasteiger partial charge in [0.2, 0.25) is 0 Å². The fourth-order valence-electron chi connectivity index (χ4n) is 3.08. The number of hydrogen-bond acceptors (Lipinski definition) is 6. The van der Waals surface area contributed by atoms with Crippen LogP contribution in [0.15, 0.2) is 40.1 Å². The molecule has 2 aromatic heterocycles. The molecule has 1 N–H and O–H groups in total. The fourth-order valence-corrected chi connectivity index (χ4v) is 3.96. The van der Waals surface area contributed by atoms with Crippen LogP contribution in [0.4, 0.5) is 10.8 Å². The number of carbonyl (C=O) groups is 1. The van der Waals surface area contributed by atoms with E-state index in [1.54, 1.807) is 24.3 Å². The maximum atomic E-state index is 12.4. The summed E-state index contributed by atoms with van der Waals surface area (Å²) < 4.78 is 10.8. The van der Waals surface area contributed by atoms with Crippen molar-refractivity contribution in [2.24, 2.45) is 0 Å². The summed E-state index contributed by atoms with van der Waals surface area (Å²) in [6, 6.07) is 9.48. The zero-order valence-corrected chi connectivity index (χ0v) is 16.1. The van der Waals surface area contributed by atoms with Crippen molar-refractivity contribution in [1.29, 1.82) is 0 Å². The van der Waals surface area contributed by atoms with Gasteiger partial charge < -0.3 is 19.4 Å². The van der Waals surface area contributed by atoms with Gasteiger partial charge in [0.15, 0.2) is 5.13 Å². The Morgan fingerprint density at radius 2 is 1.93 bits per heavy atom. The number of thiazole rings is 1. The van der Waals surface area contributed by atoms with Crippen molar-refractivity contribution < 1.29 is 13.9 Å². The molecule has 1 aliphatic rings. The van der Waals surface area contributed by atoms with Gasteiger partial charge in [0, 0.05) is 29.7 Å². The molecular weight excluding hydrogens is 362 g/mol. The van der Waals surface area contributed by atoms with Gasteiger partial charge in [-0.25, -0.2) is 4.98 Å². The number of amides is 1. The summed E-state index contributed by atoms with van der Waals surface area (Å²) in [6.07, 6.45) is 0. The van der Waals surface area contributed by atoms with Gasteiger partial charge >= 0.3 is 0 Å². The Labute approximate surface area is 161 Å². The van der Waals surface area contributed by atoms with Crippen LogP contribution in [0.2, 0.25) is 0 Å². The molecule has 0 unspecified atom stereocenters. The van der Waals surface area contributed by atoms with Crippen LogP contribution in [0.5, 0.6) is 0 Å². The minimum atomic E-state index is -0.166. The number of nitrogens with zero attached hydrogens (tertiary/aromatic N) is 2. The molecule has 1 fully saturated rings. The van der Waals surface area contributed by atoms with Gasteiger partial charge in [-0.15, -0.1) is 11.3 Å². The van der Waals surface area contributed by atoms with Crippen molar-refractivity contribution in [3.05, 3.63) is 52.8 Å². The second-order valence-electron chi connectivity index (χ2n) is 6.47. The molecule has 4 rings (SSSR count). The molecule has 1 saturated heterocycles. The summed E-state index contributed by atoms with van der Waals surface area (Å²) in [5, 5.41) is 6.00. The number of hydrogen-bond donors (Lipinski definition) is 1. The van der Waals surface area contributed by atoms with Crippen LogP contribution in [0.1, 0.15) is 21.9 Å². The van der Waals surface area contributed by atoms with Crippen LogP contribution in [-0.2, 0) is 4.74 Å². The monoisotopic (exact) mass is 383 g/mol. The van der Waals surface area contributed by atoms with E-state index in [2.05, 4.69) is 15.6 Å². The van der Waals surface area contributed by atoms with Gasteiger partial charge in [0.1, 0.15) is 11.5 Å². The van der Waals surface area contributed by atoms with Crippen LogP contribution in [-0.4, -0.2) is 37.2 Å². The van der Waals surface area contributed by atoms with Crippen molar-refractivity contribution in [3.8, 4) is 11.3 Å². The summed E-state index contributed by atoms with van der Waals surface area (Å²) in [5.41, 5.74) is 3.27. The molecule has 0 bridgehead atoms. The first-order chi connectivity index (χ1) is 13.1. The topological polar surface area (TPSA) is 67.6 Å². The van der Waals surface area contributed by atoms with Gasteiger partial charge in [-0.05, 0) is 32.0 Å². The summed E-state index contributed by atoms with van der Waals surface area (Å²) in [4.78, 5) is 19.4. The van der Waals surface area contributed by atoms with E-state index in [0.717, 1.165) is 54.1 Å². The summed E-state index contributed by atoms with van der Waals surface area (Å²) in [7, 11) is 0. The predicted octanol–water partition coefficient (Wildman–Crippen LogP) is 4.11. The molecule has 0 spiro atoms. The highest BCUT2D eigenvalue weighted by Gasteiger charge is 2.16. The molecule has 1 amide bonds. The molecule has 0 saturated carbocycles. The molecule has 1 aromatic carbocycles. The lowest BCUT2D eigenvalue weighted by Crippen LogP contribution is -2.36. The third kappa shape index (κ3) is 3.89. The maximum Gasteiger partial charge on any atom is 0.259 e. The van der Waals surface area contributed by atoms with E-state index in [0.29, 0.717) is 11.3 Å². The largest absolute Gasteiger partial charge is 0.466 e. The van der Waals surface area contributed by atoms with E-state index in [1.807, 2.05) is 31.2 Å². The second-order valence-corrected chi connectivity index (χ2v) is 7.31. The third-order valence-electron chi connectivity index (χ3n) is 4.50. The first kappa shape index (κ1) is 17.8. The Morgan fingerprint density at radius 1 is 1.19 bits per heavy atom. The standard InChI is InChI=1S/C20H21N3O3S/c1-13-11-17(14(2)26-13)19(24)21-16-5-3-15(4-6-16)18-12-27-20(22-18)23-7-9-25-10-8-23/h3-6,11-12H,7-10H2,1-2H3,(H,21,24). The molecule has 0 aliphatic carbocycles. The van der Waals surface area contributed by atoms with Crippen molar-refractivity contribution >= 4 is 28.1 Å². The molecule has 140 valence electrons.